The number of anilines is 1. The number of hydrogen-bond acceptors (Lipinski definition) is 5. The van der Waals surface area contributed by atoms with Gasteiger partial charge in [0.1, 0.15) is 11.9 Å². The summed E-state index contributed by atoms with van der Waals surface area (Å²) in [6.45, 7) is 4.00. The summed E-state index contributed by atoms with van der Waals surface area (Å²) in [5.41, 5.74) is 7.07. The van der Waals surface area contributed by atoms with Crippen LogP contribution < -0.4 is 11.1 Å². The lowest BCUT2D eigenvalue weighted by atomic mass is 9.99. The van der Waals surface area contributed by atoms with Crippen LogP contribution >= 0.6 is 0 Å². The van der Waals surface area contributed by atoms with Crippen molar-refractivity contribution >= 4 is 17.4 Å². The number of rotatable bonds is 6. The number of fused-ring (bicyclic) bond motifs is 1. The van der Waals surface area contributed by atoms with E-state index >= 15 is 0 Å². The van der Waals surface area contributed by atoms with Gasteiger partial charge in [0, 0.05) is 5.56 Å². The molecule has 2 heterocycles. The van der Waals surface area contributed by atoms with Gasteiger partial charge in [-0.25, -0.2) is 0 Å². The Balaban J connectivity index is 1.97. The van der Waals surface area contributed by atoms with Gasteiger partial charge in [0.25, 0.3) is 0 Å². The Hall–Kier alpha value is -2.96. The summed E-state index contributed by atoms with van der Waals surface area (Å²) in [7, 11) is 0. The van der Waals surface area contributed by atoms with Crippen LogP contribution in [0.4, 0.5) is 5.82 Å². The van der Waals surface area contributed by atoms with Gasteiger partial charge in [-0.05, 0) is 18.1 Å². The van der Waals surface area contributed by atoms with Crippen LogP contribution in [-0.2, 0) is 4.79 Å². The molecule has 1 aromatic carbocycles. The summed E-state index contributed by atoms with van der Waals surface area (Å²) in [6, 6.07) is 12.8. The van der Waals surface area contributed by atoms with Crippen LogP contribution in [0.25, 0.3) is 17.0 Å². The highest BCUT2D eigenvalue weighted by Crippen LogP contribution is 2.19. The summed E-state index contributed by atoms with van der Waals surface area (Å²) in [5, 5.41) is 16.0. The number of aromatic nitrogens is 4. The van der Waals surface area contributed by atoms with Crippen molar-refractivity contribution < 1.29 is 4.79 Å². The van der Waals surface area contributed by atoms with Gasteiger partial charge in [-0.3, -0.25) is 4.79 Å². The number of nitrogens with two attached hydrogens (primary N) is 1. The molecule has 0 spiro atoms. The lowest BCUT2D eigenvalue weighted by molar-refractivity contribution is -0.119. The summed E-state index contributed by atoms with van der Waals surface area (Å²) < 4.78 is 1.66. The predicted octanol–water partition coefficient (Wildman–Crippen LogP) is 2.10. The van der Waals surface area contributed by atoms with Crippen molar-refractivity contribution in [2.24, 2.45) is 11.7 Å². The first-order valence-corrected chi connectivity index (χ1v) is 7.94. The Morgan fingerprint density at radius 1 is 1.21 bits per heavy atom. The monoisotopic (exact) mass is 324 g/mol. The number of nitrogens with zero attached hydrogens (tertiary/aromatic N) is 4. The van der Waals surface area contributed by atoms with Crippen LogP contribution in [-0.4, -0.2) is 31.8 Å². The number of nitrogens with one attached hydrogen (secondary N) is 1. The quantitative estimate of drug-likeness (QED) is 0.723. The van der Waals surface area contributed by atoms with Gasteiger partial charge in [0.2, 0.25) is 5.91 Å². The Labute approximate surface area is 139 Å². The van der Waals surface area contributed by atoms with Gasteiger partial charge in [0.05, 0.1) is 0 Å². The zero-order chi connectivity index (χ0) is 17.1. The minimum Gasteiger partial charge on any atom is -0.368 e. The highest BCUT2D eigenvalue weighted by molar-refractivity contribution is 5.83. The molecule has 3 N–H and O–H groups in total. The van der Waals surface area contributed by atoms with Crippen LogP contribution in [0.2, 0.25) is 0 Å². The smallest absolute Gasteiger partial charge is 0.240 e. The van der Waals surface area contributed by atoms with Crippen molar-refractivity contribution in [1.82, 2.24) is 19.8 Å². The molecule has 24 heavy (non-hydrogen) atoms. The molecule has 124 valence electrons. The third-order valence-electron chi connectivity index (χ3n) is 4.12. The second-order valence-electron chi connectivity index (χ2n) is 5.79. The maximum Gasteiger partial charge on any atom is 0.240 e. The van der Waals surface area contributed by atoms with Gasteiger partial charge in [-0.15, -0.1) is 15.3 Å². The molecule has 0 saturated heterocycles. The van der Waals surface area contributed by atoms with Crippen LogP contribution in [0, 0.1) is 5.92 Å². The third-order valence-corrected chi connectivity index (χ3v) is 4.12. The lowest BCUT2D eigenvalue weighted by Crippen LogP contribution is -2.40. The molecule has 0 saturated carbocycles. The van der Waals surface area contributed by atoms with E-state index in [4.69, 9.17) is 5.73 Å². The molecular formula is C17H20N6O. The average Bonchev–Trinajstić information content (AvgIpc) is 3.02. The number of amides is 1. The first-order valence-electron chi connectivity index (χ1n) is 7.94. The Morgan fingerprint density at radius 2 is 1.96 bits per heavy atom. The van der Waals surface area contributed by atoms with E-state index in [0.717, 1.165) is 12.0 Å². The van der Waals surface area contributed by atoms with Gasteiger partial charge >= 0.3 is 0 Å². The van der Waals surface area contributed by atoms with Crippen molar-refractivity contribution in [3.63, 3.8) is 0 Å². The van der Waals surface area contributed by atoms with Crippen molar-refractivity contribution in [1.29, 1.82) is 0 Å². The zero-order valence-corrected chi connectivity index (χ0v) is 13.7. The molecule has 0 radical (unpaired) electrons. The SMILES string of the molecule is CCC(C)C(Nc1ccc2nnc(-c3ccccc3)n2n1)C(N)=O. The number of carbonyl (C=O) groups is 1. The Bertz CT molecular complexity index is 845. The maximum atomic E-state index is 11.7. The van der Waals surface area contributed by atoms with Crippen molar-refractivity contribution in [3.05, 3.63) is 42.5 Å². The molecule has 2 atom stereocenters. The first kappa shape index (κ1) is 15.9. The van der Waals surface area contributed by atoms with Crippen molar-refractivity contribution in [3.8, 4) is 11.4 Å². The van der Waals surface area contributed by atoms with Gasteiger partial charge < -0.3 is 11.1 Å². The van der Waals surface area contributed by atoms with E-state index < -0.39 is 11.9 Å². The molecule has 0 aliphatic rings. The van der Waals surface area contributed by atoms with Crippen LogP contribution in [0.5, 0.6) is 0 Å². The summed E-state index contributed by atoms with van der Waals surface area (Å²) in [6.07, 6.45) is 0.838. The van der Waals surface area contributed by atoms with E-state index in [1.165, 1.54) is 0 Å². The highest BCUT2D eigenvalue weighted by atomic mass is 16.1. The largest absolute Gasteiger partial charge is 0.368 e. The molecule has 0 aliphatic carbocycles. The normalized spacial score (nSPS) is 13.6. The molecule has 3 rings (SSSR count). The number of benzene rings is 1. The van der Waals surface area contributed by atoms with E-state index in [-0.39, 0.29) is 5.92 Å². The fourth-order valence-corrected chi connectivity index (χ4v) is 2.52. The Morgan fingerprint density at radius 3 is 2.62 bits per heavy atom. The molecule has 3 aromatic rings. The molecule has 0 bridgehead atoms. The van der Waals surface area contributed by atoms with Gasteiger partial charge in [0.15, 0.2) is 11.5 Å². The van der Waals surface area contributed by atoms with E-state index in [0.29, 0.717) is 17.3 Å². The summed E-state index contributed by atoms with van der Waals surface area (Å²) in [4.78, 5) is 11.7. The van der Waals surface area contributed by atoms with E-state index in [9.17, 15) is 4.79 Å². The van der Waals surface area contributed by atoms with Gasteiger partial charge in [-0.2, -0.15) is 4.52 Å². The third kappa shape index (κ3) is 3.05. The zero-order valence-electron chi connectivity index (χ0n) is 13.7. The maximum absolute atomic E-state index is 11.7. The van der Waals surface area contributed by atoms with Crippen molar-refractivity contribution in [2.75, 3.05) is 5.32 Å². The fourth-order valence-electron chi connectivity index (χ4n) is 2.52. The van der Waals surface area contributed by atoms with Crippen LogP contribution in [0.1, 0.15) is 20.3 Å². The molecule has 2 aromatic heterocycles. The lowest BCUT2D eigenvalue weighted by Gasteiger charge is -2.21. The molecule has 0 fully saturated rings. The predicted molar refractivity (Wildman–Crippen MR) is 92.3 cm³/mol. The minimum atomic E-state index is -0.475. The molecule has 7 nitrogen and oxygen atoms in total. The number of hydrogen-bond donors (Lipinski definition) is 2. The second-order valence-corrected chi connectivity index (χ2v) is 5.79. The van der Waals surface area contributed by atoms with E-state index in [2.05, 4.69) is 20.6 Å². The molecule has 7 heteroatoms. The fraction of sp³-hybridized carbons (Fsp3) is 0.294. The van der Waals surface area contributed by atoms with Crippen LogP contribution in [0.15, 0.2) is 42.5 Å². The molecule has 2 unspecified atom stereocenters. The topological polar surface area (TPSA) is 98.2 Å². The highest BCUT2D eigenvalue weighted by Gasteiger charge is 2.22. The molecular weight excluding hydrogens is 304 g/mol. The summed E-state index contributed by atoms with van der Waals surface area (Å²) >= 11 is 0. The Kier molecular flexibility index (Phi) is 4.41. The van der Waals surface area contributed by atoms with Crippen molar-refractivity contribution in [2.45, 2.75) is 26.3 Å². The minimum absolute atomic E-state index is 0.106. The first-order chi connectivity index (χ1) is 11.6. The van der Waals surface area contributed by atoms with Crippen LogP contribution in [0.3, 0.4) is 0 Å². The standard InChI is InChI=1S/C17H20N6O/c1-3-11(2)15(16(18)24)19-13-9-10-14-20-21-17(23(14)22-13)12-7-5-4-6-8-12/h4-11,15H,3H2,1-2H3,(H2,18,24)(H,19,22). The average molecular weight is 324 g/mol. The number of carbonyl (C=O) groups excluding carboxylic acids is 1. The second kappa shape index (κ2) is 6.66. The molecule has 0 aliphatic heterocycles. The van der Waals surface area contributed by atoms with E-state index in [1.54, 1.807) is 10.6 Å². The summed E-state index contributed by atoms with van der Waals surface area (Å²) in [5.74, 6) is 0.921. The van der Waals surface area contributed by atoms with E-state index in [1.807, 2.05) is 50.2 Å². The molecule has 1 amide bonds. The van der Waals surface area contributed by atoms with Gasteiger partial charge in [-0.1, -0.05) is 50.6 Å². The number of primary amides is 1.